The molecule has 1 atom stereocenters. The summed E-state index contributed by atoms with van der Waals surface area (Å²) >= 11 is 0. The van der Waals surface area contributed by atoms with Gasteiger partial charge in [-0.1, -0.05) is 6.07 Å². The lowest BCUT2D eigenvalue weighted by Crippen LogP contribution is -2.30. The Morgan fingerprint density at radius 2 is 1.86 bits per heavy atom. The molecule has 1 amide bonds. The van der Waals surface area contributed by atoms with E-state index in [2.05, 4.69) is 0 Å². The number of methoxy groups -OCH3 is 1. The second-order valence-corrected chi connectivity index (χ2v) is 7.59. The van der Waals surface area contributed by atoms with Crippen LogP contribution in [0.15, 0.2) is 36.4 Å². The molecule has 6 heteroatoms. The van der Waals surface area contributed by atoms with Crippen molar-refractivity contribution in [2.24, 2.45) is 0 Å². The Morgan fingerprint density at radius 3 is 2.62 bits per heavy atom. The Balaban J connectivity index is 1.58. The third-order valence-electron chi connectivity index (χ3n) is 5.24. The highest BCUT2D eigenvalue weighted by molar-refractivity contribution is 5.95. The van der Waals surface area contributed by atoms with Crippen molar-refractivity contribution in [3.8, 4) is 23.0 Å². The second kappa shape index (κ2) is 8.23. The van der Waals surface area contributed by atoms with Gasteiger partial charge in [-0.15, -0.1) is 0 Å². The average molecular weight is 397 g/mol. The van der Waals surface area contributed by atoms with Crippen molar-refractivity contribution in [2.45, 2.75) is 38.8 Å². The van der Waals surface area contributed by atoms with E-state index in [1.54, 1.807) is 19.2 Å². The Labute approximate surface area is 171 Å². The lowest BCUT2D eigenvalue weighted by molar-refractivity contribution is 0.0734. The van der Waals surface area contributed by atoms with Crippen LogP contribution in [0.25, 0.3) is 0 Å². The minimum Gasteiger partial charge on any atom is -0.493 e. The van der Waals surface area contributed by atoms with Gasteiger partial charge >= 0.3 is 0 Å². The van der Waals surface area contributed by atoms with Gasteiger partial charge in [0, 0.05) is 12.1 Å². The molecule has 2 aromatic carbocycles. The lowest BCUT2D eigenvalue weighted by atomic mass is 10.0. The zero-order valence-corrected chi connectivity index (χ0v) is 17.1. The SMILES string of the molecule is COc1cc(C(=O)N2CCCC2c2ccc3c(c2)OCCO3)ccc1OC(C)C. The van der Waals surface area contributed by atoms with Crippen LogP contribution >= 0.6 is 0 Å². The Bertz CT molecular complexity index is 895. The first-order valence-corrected chi connectivity index (χ1v) is 10.1. The molecular weight excluding hydrogens is 370 g/mol. The number of likely N-dealkylation sites (tertiary alicyclic amines) is 1. The molecule has 1 saturated heterocycles. The van der Waals surface area contributed by atoms with Crippen LogP contribution in [0.2, 0.25) is 0 Å². The first-order valence-electron chi connectivity index (χ1n) is 10.1. The maximum atomic E-state index is 13.3. The third kappa shape index (κ3) is 3.97. The second-order valence-electron chi connectivity index (χ2n) is 7.59. The van der Waals surface area contributed by atoms with Gasteiger partial charge in [0.15, 0.2) is 23.0 Å². The summed E-state index contributed by atoms with van der Waals surface area (Å²) in [5.74, 6) is 2.73. The number of ether oxygens (including phenoxy) is 4. The molecule has 1 fully saturated rings. The number of hydrogen-bond acceptors (Lipinski definition) is 5. The Kier molecular flexibility index (Phi) is 5.51. The highest BCUT2D eigenvalue weighted by Crippen LogP contribution is 2.39. The van der Waals surface area contributed by atoms with Gasteiger partial charge in [-0.2, -0.15) is 0 Å². The molecule has 2 heterocycles. The van der Waals surface area contributed by atoms with Crippen molar-refractivity contribution in [1.82, 2.24) is 4.90 Å². The van der Waals surface area contributed by atoms with E-state index in [1.165, 1.54) is 0 Å². The first-order chi connectivity index (χ1) is 14.1. The number of rotatable bonds is 5. The molecule has 0 saturated carbocycles. The van der Waals surface area contributed by atoms with Crippen molar-refractivity contribution >= 4 is 5.91 Å². The van der Waals surface area contributed by atoms with E-state index in [9.17, 15) is 4.79 Å². The molecular formula is C23H27NO5. The van der Waals surface area contributed by atoms with Crippen molar-refractivity contribution in [2.75, 3.05) is 26.9 Å². The van der Waals surface area contributed by atoms with Gasteiger partial charge < -0.3 is 23.8 Å². The molecule has 2 aliphatic heterocycles. The van der Waals surface area contributed by atoms with Crippen molar-refractivity contribution in [1.29, 1.82) is 0 Å². The highest BCUT2D eigenvalue weighted by atomic mass is 16.6. The summed E-state index contributed by atoms with van der Waals surface area (Å²) in [4.78, 5) is 15.2. The molecule has 6 nitrogen and oxygen atoms in total. The summed E-state index contributed by atoms with van der Waals surface area (Å²) in [6.07, 6.45) is 1.93. The minimum absolute atomic E-state index is 0.00298. The summed E-state index contributed by atoms with van der Waals surface area (Å²) in [5, 5.41) is 0. The normalized spacial score (nSPS) is 18.1. The number of fused-ring (bicyclic) bond motifs is 1. The number of carbonyl (C=O) groups excluding carboxylic acids is 1. The van der Waals surface area contributed by atoms with Gasteiger partial charge in [0.05, 0.1) is 19.3 Å². The lowest BCUT2D eigenvalue weighted by Gasteiger charge is -2.27. The molecule has 154 valence electrons. The highest BCUT2D eigenvalue weighted by Gasteiger charge is 2.32. The molecule has 0 aliphatic carbocycles. The molecule has 0 radical (unpaired) electrons. The standard InChI is InChI=1S/C23H27NO5/c1-15(2)29-20-9-7-17(14-21(20)26-3)23(25)24-10-4-5-18(24)16-6-8-19-22(13-16)28-12-11-27-19/h6-9,13-15,18H,4-5,10-12H2,1-3H3. The van der Waals surface area contributed by atoms with Crippen LogP contribution in [0.1, 0.15) is 48.7 Å². The smallest absolute Gasteiger partial charge is 0.254 e. The maximum Gasteiger partial charge on any atom is 0.254 e. The largest absolute Gasteiger partial charge is 0.493 e. The number of hydrogen-bond donors (Lipinski definition) is 0. The summed E-state index contributed by atoms with van der Waals surface area (Å²) in [7, 11) is 1.59. The van der Waals surface area contributed by atoms with Crippen LogP contribution in [0.4, 0.5) is 0 Å². The average Bonchev–Trinajstić information content (AvgIpc) is 3.22. The van der Waals surface area contributed by atoms with Gasteiger partial charge in [-0.05, 0) is 62.6 Å². The van der Waals surface area contributed by atoms with Crippen LogP contribution in [0.5, 0.6) is 23.0 Å². The fourth-order valence-corrected chi connectivity index (χ4v) is 3.94. The topological polar surface area (TPSA) is 57.2 Å². The third-order valence-corrected chi connectivity index (χ3v) is 5.24. The van der Waals surface area contributed by atoms with Crippen molar-refractivity contribution < 1.29 is 23.7 Å². The van der Waals surface area contributed by atoms with Gasteiger partial charge in [0.1, 0.15) is 13.2 Å². The Hall–Kier alpha value is -2.89. The van der Waals surface area contributed by atoms with E-state index in [4.69, 9.17) is 18.9 Å². The fourth-order valence-electron chi connectivity index (χ4n) is 3.94. The minimum atomic E-state index is -0.00298. The van der Waals surface area contributed by atoms with E-state index in [-0.39, 0.29) is 18.1 Å². The molecule has 0 bridgehead atoms. The van der Waals surface area contributed by atoms with E-state index in [0.717, 1.165) is 36.4 Å². The van der Waals surface area contributed by atoms with Crippen LogP contribution in [0.3, 0.4) is 0 Å². The Morgan fingerprint density at radius 1 is 1.07 bits per heavy atom. The van der Waals surface area contributed by atoms with Gasteiger partial charge in [0.25, 0.3) is 5.91 Å². The van der Waals surface area contributed by atoms with E-state index >= 15 is 0 Å². The summed E-state index contributed by atoms with van der Waals surface area (Å²) in [5.41, 5.74) is 1.68. The number of benzene rings is 2. The summed E-state index contributed by atoms with van der Waals surface area (Å²) in [6, 6.07) is 11.4. The predicted octanol–water partition coefficient (Wildman–Crippen LogP) is 4.23. The number of amides is 1. The molecule has 0 aromatic heterocycles. The zero-order valence-electron chi connectivity index (χ0n) is 17.1. The van der Waals surface area contributed by atoms with Gasteiger partial charge in [-0.25, -0.2) is 0 Å². The monoisotopic (exact) mass is 397 g/mol. The van der Waals surface area contributed by atoms with Gasteiger partial charge in [0.2, 0.25) is 0 Å². The maximum absolute atomic E-state index is 13.3. The zero-order chi connectivity index (χ0) is 20.4. The van der Waals surface area contributed by atoms with E-state index in [1.807, 2.05) is 43.0 Å². The number of carbonyl (C=O) groups is 1. The van der Waals surface area contributed by atoms with Crippen LogP contribution < -0.4 is 18.9 Å². The van der Waals surface area contributed by atoms with Crippen molar-refractivity contribution in [3.63, 3.8) is 0 Å². The summed E-state index contributed by atoms with van der Waals surface area (Å²) < 4.78 is 22.5. The predicted molar refractivity (Wildman–Crippen MR) is 109 cm³/mol. The molecule has 0 N–H and O–H groups in total. The molecule has 29 heavy (non-hydrogen) atoms. The van der Waals surface area contributed by atoms with Crippen LogP contribution in [0, 0.1) is 0 Å². The summed E-state index contributed by atoms with van der Waals surface area (Å²) in [6.45, 7) is 5.76. The molecule has 2 aliphatic rings. The fraction of sp³-hybridized carbons (Fsp3) is 0.435. The quantitative estimate of drug-likeness (QED) is 0.756. The van der Waals surface area contributed by atoms with Crippen molar-refractivity contribution in [3.05, 3.63) is 47.5 Å². The van der Waals surface area contributed by atoms with Crippen LogP contribution in [-0.4, -0.2) is 43.8 Å². The first kappa shape index (κ1) is 19.4. The number of nitrogens with zero attached hydrogens (tertiary/aromatic N) is 1. The van der Waals surface area contributed by atoms with E-state index < -0.39 is 0 Å². The van der Waals surface area contributed by atoms with E-state index in [0.29, 0.717) is 30.3 Å². The van der Waals surface area contributed by atoms with Crippen LogP contribution in [-0.2, 0) is 0 Å². The van der Waals surface area contributed by atoms with Gasteiger partial charge in [-0.3, -0.25) is 4.79 Å². The molecule has 2 aromatic rings. The molecule has 0 spiro atoms. The molecule has 4 rings (SSSR count). The molecule has 1 unspecified atom stereocenters.